The number of pyridine rings is 1. The summed E-state index contributed by atoms with van der Waals surface area (Å²) < 4.78 is 87.0. The Hall–Kier alpha value is -4.49. The van der Waals surface area contributed by atoms with Gasteiger partial charge in [0, 0.05) is 5.39 Å². The normalized spacial score (nSPS) is 12.3. The maximum Gasteiger partial charge on any atom is 0.433 e. The number of carbonyl (C=O) groups is 1. The zero-order valence-corrected chi connectivity index (χ0v) is 19.0. The fraction of sp³-hybridized carbons (Fsp3) is 0.174. The highest BCUT2D eigenvalue weighted by Gasteiger charge is 2.38. The van der Waals surface area contributed by atoms with Crippen LogP contribution in [-0.4, -0.2) is 39.2 Å². The van der Waals surface area contributed by atoms with Gasteiger partial charge in [-0.05, 0) is 48.9 Å². The number of fused-ring (bicyclic) bond motifs is 1. The number of hydrazone groups is 1. The zero-order valence-electron chi connectivity index (χ0n) is 19.0. The summed E-state index contributed by atoms with van der Waals surface area (Å²) in [7, 11) is 1.51. The van der Waals surface area contributed by atoms with E-state index in [0.29, 0.717) is 23.4 Å². The molecule has 0 saturated heterocycles. The Balaban J connectivity index is 1.72. The molecule has 1 amide bonds. The minimum absolute atomic E-state index is 0.0322. The van der Waals surface area contributed by atoms with Crippen molar-refractivity contribution in [2.24, 2.45) is 5.10 Å². The largest absolute Gasteiger partial charge is 0.497 e. The number of nitrogens with one attached hydrogen (secondary N) is 1. The number of nitrogens with zero attached hydrogens (tertiary/aromatic N) is 5. The van der Waals surface area contributed by atoms with Crippen molar-refractivity contribution >= 4 is 23.0 Å². The van der Waals surface area contributed by atoms with Crippen LogP contribution in [0.4, 0.5) is 26.3 Å². The lowest BCUT2D eigenvalue weighted by molar-refractivity contribution is -0.142. The molecule has 4 rings (SSSR count). The second-order valence-corrected chi connectivity index (χ2v) is 7.63. The lowest BCUT2D eigenvalue weighted by Gasteiger charge is -2.15. The first kappa shape index (κ1) is 25.6. The summed E-state index contributed by atoms with van der Waals surface area (Å²) in [5.74, 6) is -0.216. The van der Waals surface area contributed by atoms with E-state index < -0.39 is 35.0 Å². The summed E-state index contributed by atoms with van der Waals surface area (Å²) in [6.07, 6.45) is -8.67. The van der Waals surface area contributed by atoms with Crippen molar-refractivity contribution in [1.82, 2.24) is 25.4 Å². The lowest BCUT2D eigenvalue weighted by Crippen LogP contribution is -2.19. The van der Waals surface area contributed by atoms with Gasteiger partial charge in [0.05, 0.1) is 35.8 Å². The Morgan fingerprint density at radius 1 is 1.05 bits per heavy atom. The van der Waals surface area contributed by atoms with Crippen LogP contribution < -0.4 is 10.2 Å². The molecule has 37 heavy (non-hydrogen) atoms. The maximum absolute atomic E-state index is 13.5. The molecule has 2 aromatic carbocycles. The molecule has 0 aliphatic carbocycles. The molecule has 2 aromatic heterocycles. The fourth-order valence-electron chi connectivity index (χ4n) is 3.46. The van der Waals surface area contributed by atoms with Crippen molar-refractivity contribution in [3.8, 4) is 11.4 Å². The van der Waals surface area contributed by atoms with Crippen LogP contribution in [0.5, 0.6) is 5.75 Å². The molecule has 0 bridgehead atoms. The standard InChI is InChI=1S/C23H16F6N6O2/c1-12-19(21(36)33-30-11-13-6-8-14(37-2)9-7-13)32-34-35(12)17-10-18(23(27,28)29)31-20-15(17)4-3-5-16(20)22(24,25)26/h3-11H,1-2H3,(H,33,36)/b30-11+. The molecule has 4 aromatic rings. The van der Waals surface area contributed by atoms with Crippen LogP contribution in [0.15, 0.2) is 53.6 Å². The van der Waals surface area contributed by atoms with Gasteiger partial charge >= 0.3 is 12.4 Å². The van der Waals surface area contributed by atoms with Crippen molar-refractivity contribution in [3.63, 3.8) is 0 Å². The number of benzene rings is 2. The van der Waals surface area contributed by atoms with Crippen molar-refractivity contribution in [2.75, 3.05) is 7.11 Å². The molecular formula is C23H16F6N6O2. The minimum atomic E-state index is -5.05. The predicted octanol–water partition coefficient (Wildman–Crippen LogP) is 4.93. The van der Waals surface area contributed by atoms with Gasteiger partial charge in [-0.15, -0.1) is 5.10 Å². The molecule has 14 heteroatoms. The third kappa shape index (κ3) is 5.22. The number of hydrogen-bond acceptors (Lipinski definition) is 6. The van der Waals surface area contributed by atoms with Crippen LogP contribution in [0, 0.1) is 6.92 Å². The van der Waals surface area contributed by atoms with Gasteiger partial charge in [-0.2, -0.15) is 31.4 Å². The summed E-state index contributed by atoms with van der Waals surface area (Å²) in [5, 5.41) is 11.0. The van der Waals surface area contributed by atoms with Gasteiger partial charge in [0.25, 0.3) is 5.91 Å². The van der Waals surface area contributed by atoms with Crippen LogP contribution in [0.25, 0.3) is 16.6 Å². The molecule has 0 unspecified atom stereocenters. The van der Waals surface area contributed by atoms with Crippen LogP contribution in [-0.2, 0) is 12.4 Å². The monoisotopic (exact) mass is 522 g/mol. The first-order valence-corrected chi connectivity index (χ1v) is 10.4. The number of amides is 1. The Morgan fingerprint density at radius 3 is 2.38 bits per heavy atom. The minimum Gasteiger partial charge on any atom is -0.497 e. The van der Waals surface area contributed by atoms with E-state index in [1.54, 1.807) is 24.3 Å². The van der Waals surface area contributed by atoms with E-state index in [4.69, 9.17) is 4.74 Å². The molecule has 0 fully saturated rings. The number of para-hydroxylation sites is 1. The third-order valence-electron chi connectivity index (χ3n) is 5.25. The van der Waals surface area contributed by atoms with Crippen LogP contribution in [0.1, 0.15) is 33.0 Å². The summed E-state index contributed by atoms with van der Waals surface area (Å²) in [5.41, 5.74) is -1.67. The molecular weight excluding hydrogens is 506 g/mol. The molecule has 0 aliphatic heterocycles. The van der Waals surface area contributed by atoms with Crippen molar-refractivity contribution < 1.29 is 35.9 Å². The first-order valence-electron chi connectivity index (χ1n) is 10.4. The van der Waals surface area contributed by atoms with Crippen LogP contribution >= 0.6 is 0 Å². The summed E-state index contributed by atoms with van der Waals surface area (Å²) in [6, 6.07) is 10.1. The second-order valence-electron chi connectivity index (χ2n) is 7.63. The lowest BCUT2D eigenvalue weighted by atomic mass is 10.1. The Bertz CT molecular complexity index is 1490. The molecule has 192 valence electrons. The van der Waals surface area contributed by atoms with Gasteiger partial charge in [-0.3, -0.25) is 4.79 Å². The number of aromatic nitrogens is 4. The van der Waals surface area contributed by atoms with Crippen molar-refractivity contribution in [3.05, 3.63) is 76.7 Å². The van der Waals surface area contributed by atoms with Gasteiger partial charge in [-0.1, -0.05) is 17.3 Å². The molecule has 0 saturated carbocycles. The van der Waals surface area contributed by atoms with E-state index in [0.717, 1.165) is 10.7 Å². The van der Waals surface area contributed by atoms with E-state index >= 15 is 0 Å². The SMILES string of the molecule is COc1ccc(/C=N/NC(=O)c2nnn(-c3cc(C(F)(F)F)nc4c(C(F)(F)F)cccc34)c2C)cc1. The molecule has 0 spiro atoms. The van der Waals surface area contributed by atoms with Gasteiger partial charge in [0.15, 0.2) is 5.69 Å². The quantitative estimate of drug-likeness (QED) is 0.228. The number of alkyl halides is 6. The van der Waals surface area contributed by atoms with Gasteiger partial charge < -0.3 is 4.74 Å². The average molecular weight is 522 g/mol. The van der Waals surface area contributed by atoms with Gasteiger partial charge in [0.1, 0.15) is 11.4 Å². The molecule has 1 N–H and O–H groups in total. The van der Waals surface area contributed by atoms with E-state index in [1.807, 2.05) is 0 Å². The number of ether oxygens (including phenoxy) is 1. The smallest absolute Gasteiger partial charge is 0.433 e. The Labute approximate surface area is 204 Å². The molecule has 0 radical (unpaired) electrons. The summed E-state index contributed by atoms with van der Waals surface area (Å²) in [4.78, 5) is 15.8. The van der Waals surface area contributed by atoms with Gasteiger partial charge in [0.2, 0.25) is 0 Å². The maximum atomic E-state index is 13.5. The molecule has 2 heterocycles. The van der Waals surface area contributed by atoms with Gasteiger partial charge in [-0.25, -0.2) is 15.1 Å². The highest BCUT2D eigenvalue weighted by atomic mass is 19.4. The summed E-state index contributed by atoms with van der Waals surface area (Å²) in [6.45, 7) is 1.33. The molecule has 0 aliphatic rings. The first-order chi connectivity index (χ1) is 17.4. The number of rotatable bonds is 5. The van der Waals surface area contributed by atoms with E-state index in [1.165, 1.54) is 26.3 Å². The number of carbonyl (C=O) groups excluding carboxylic acids is 1. The zero-order chi connectivity index (χ0) is 27.0. The molecule has 8 nitrogen and oxygen atoms in total. The topological polar surface area (TPSA) is 94.3 Å². The number of halogens is 6. The highest BCUT2D eigenvalue weighted by molar-refractivity contribution is 5.95. The second kappa shape index (κ2) is 9.52. The van der Waals surface area contributed by atoms with Crippen LogP contribution in [0.3, 0.4) is 0 Å². The number of methoxy groups -OCH3 is 1. The Morgan fingerprint density at radius 2 is 1.76 bits per heavy atom. The fourth-order valence-corrected chi connectivity index (χ4v) is 3.46. The Kier molecular flexibility index (Phi) is 6.59. The van der Waals surface area contributed by atoms with E-state index in [-0.39, 0.29) is 22.5 Å². The number of hydrogen-bond donors (Lipinski definition) is 1. The molecule has 0 atom stereocenters. The summed E-state index contributed by atoms with van der Waals surface area (Å²) >= 11 is 0. The predicted molar refractivity (Wildman–Crippen MR) is 119 cm³/mol. The van der Waals surface area contributed by atoms with Crippen molar-refractivity contribution in [1.29, 1.82) is 0 Å². The van der Waals surface area contributed by atoms with E-state index in [9.17, 15) is 31.1 Å². The van der Waals surface area contributed by atoms with Crippen LogP contribution in [0.2, 0.25) is 0 Å². The average Bonchev–Trinajstić information content (AvgIpc) is 3.23. The third-order valence-corrected chi connectivity index (χ3v) is 5.25. The van der Waals surface area contributed by atoms with Crippen molar-refractivity contribution in [2.45, 2.75) is 19.3 Å². The van der Waals surface area contributed by atoms with E-state index in [2.05, 4.69) is 25.8 Å². The highest BCUT2D eigenvalue weighted by Crippen LogP contribution is 2.38.